The number of aliphatic imine (C=N–C) groups is 1. The molecule has 1 aromatic rings. The van der Waals surface area contributed by atoms with Crippen molar-refractivity contribution in [3.8, 4) is 0 Å². The summed E-state index contributed by atoms with van der Waals surface area (Å²) >= 11 is 11.9. The number of hydrogen-bond acceptors (Lipinski definition) is 3. The van der Waals surface area contributed by atoms with Crippen LogP contribution in [0.1, 0.15) is 0 Å². The molecule has 0 radical (unpaired) electrons. The molecule has 0 aromatic heterocycles. The molecule has 0 atom stereocenters. The maximum absolute atomic E-state index is 11.2. The molecular formula is C8H8Br2ClN3O2S. The van der Waals surface area contributed by atoms with Gasteiger partial charge in [0.1, 0.15) is 5.84 Å². The SMILES string of the molecule is NC(CCl)=Nc1c(Br)cc(S(N)(=O)=O)cc1Br. The predicted octanol–water partition coefficient (Wildman–Crippen LogP) is 2.09. The molecule has 9 heteroatoms. The molecule has 0 fully saturated rings. The van der Waals surface area contributed by atoms with Crippen LogP contribution in [0.15, 0.2) is 31.0 Å². The van der Waals surface area contributed by atoms with Gasteiger partial charge in [0.15, 0.2) is 0 Å². The van der Waals surface area contributed by atoms with E-state index in [4.69, 9.17) is 22.5 Å². The van der Waals surface area contributed by atoms with Gasteiger partial charge in [-0.3, -0.25) is 0 Å². The van der Waals surface area contributed by atoms with Crippen LogP contribution in [0.3, 0.4) is 0 Å². The van der Waals surface area contributed by atoms with E-state index < -0.39 is 10.0 Å². The summed E-state index contributed by atoms with van der Waals surface area (Å²) in [6.45, 7) is 0. The van der Waals surface area contributed by atoms with Crippen molar-refractivity contribution in [1.82, 2.24) is 0 Å². The predicted molar refractivity (Wildman–Crippen MR) is 75.2 cm³/mol. The van der Waals surface area contributed by atoms with Crippen LogP contribution in [-0.2, 0) is 10.0 Å². The Kier molecular flexibility index (Phi) is 4.96. The fraction of sp³-hybridized carbons (Fsp3) is 0.125. The monoisotopic (exact) mass is 403 g/mol. The highest BCUT2D eigenvalue weighted by Crippen LogP contribution is 2.35. The Morgan fingerprint density at radius 1 is 1.35 bits per heavy atom. The first-order chi connectivity index (χ1) is 7.75. The largest absolute Gasteiger partial charge is 0.386 e. The van der Waals surface area contributed by atoms with Gasteiger partial charge in [0.05, 0.1) is 16.5 Å². The molecule has 17 heavy (non-hydrogen) atoms. The van der Waals surface area contributed by atoms with Gasteiger partial charge in [-0.25, -0.2) is 18.5 Å². The van der Waals surface area contributed by atoms with Gasteiger partial charge in [-0.2, -0.15) is 0 Å². The minimum Gasteiger partial charge on any atom is -0.386 e. The highest BCUT2D eigenvalue weighted by atomic mass is 79.9. The van der Waals surface area contributed by atoms with E-state index in [0.29, 0.717) is 14.6 Å². The van der Waals surface area contributed by atoms with Crippen LogP contribution in [0.25, 0.3) is 0 Å². The van der Waals surface area contributed by atoms with Gasteiger partial charge < -0.3 is 5.73 Å². The number of amidine groups is 1. The molecule has 0 saturated heterocycles. The van der Waals surface area contributed by atoms with E-state index in [2.05, 4.69) is 36.9 Å². The molecule has 0 heterocycles. The quantitative estimate of drug-likeness (QED) is 0.458. The standard InChI is InChI=1S/C8H8Br2ClN3O2S/c9-5-1-4(17(13,15)16)2-6(10)8(5)14-7(12)3-11/h1-2H,3H2,(H2,12,14)(H2,13,15,16). The number of nitrogens with two attached hydrogens (primary N) is 2. The Bertz CT molecular complexity index is 551. The van der Waals surface area contributed by atoms with Gasteiger partial charge in [0.25, 0.3) is 0 Å². The summed E-state index contributed by atoms with van der Waals surface area (Å²) in [5.41, 5.74) is 5.95. The van der Waals surface area contributed by atoms with E-state index in [1.165, 1.54) is 12.1 Å². The summed E-state index contributed by atoms with van der Waals surface area (Å²) in [4.78, 5) is 4.00. The third-order valence-corrected chi connectivity index (χ3v) is 4.09. The van der Waals surface area contributed by atoms with Crippen LogP contribution in [0.2, 0.25) is 0 Å². The van der Waals surface area contributed by atoms with Gasteiger partial charge in [0, 0.05) is 8.95 Å². The van der Waals surface area contributed by atoms with Crippen molar-refractivity contribution < 1.29 is 8.42 Å². The van der Waals surface area contributed by atoms with Crippen molar-refractivity contribution in [2.75, 3.05) is 5.88 Å². The summed E-state index contributed by atoms with van der Waals surface area (Å²) in [5.74, 6) is 0.298. The molecule has 0 spiro atoms. The van der Waals surface area contributed by atoms with Crippen molar-refractivity contribution in [2.45, 2.75) is 4.90 Å². The normalized spacial score (nSPS) is 12.8. The van der Waals surface area contributed by atoms with E-state index in [1.807, 2.05) is 0 Å². The topological polar surface area (TPSA) is 98.5 Å². The summed E-state index contributed by atoms with van der Waals surface area (Å²) in [5, 5.41) is 5.02. The van der Waals surface area contributed by atoms with Crippen LogP contribution in [0.4, 0.5) is 5.69 Å². The number of hydrogen-bond donors (Lipinski definition) is 2. The number of rotatable bonds is 3. The molecule has 0 bridgehead atoms. The van der Waals surface area contributed by atoms with Crippen molar-refractivity contribution in [3.63, 3.8) is 0 Å². The third kappa shape index (κ3) is 3.92. The zero-order valence-electron chi connectivity index (χ0n) is 8.32. The molecule has 1 aromatic carbocycles. The highest BCUT2D eigenvalue weighted by Gasteiger charge is 2.14. The van der Waals surface area contributed by atoms with Crippen molar-refractivity contribution >= 4 is 65.0 Å². The van der Waals surface area contributed by atoms with Crippen LogP contribution in [-0.4, -0.2) is 20.1 Å². The second kappa shape index (κ2) is 5.66. The van der Waals surface area contributed by atoms with Gasteiger partial charge in [0.2, 0.25) is 10.0 Å². The number of benzene rings is 1. The molecule has 0 amide bonds. The molecule has 4 N–H and O–H groups in total. The van der Waals surface area contributed by atoms with E-state index in [0.717, 1.165) is 0 Å². The van der Waals surface area contributed by atoms with Gasteiger partial charge in [-0.15, -0.1) is 11.6 Å². The molecular weight excluding hydrogens is 397 g/mol. The minimum absolute atomic E-state index is 0.0281. The highest BCUT2D eigenvalue weighted by molar-refractivity contribution is 9.11. The lowest BCUT2D eigenvalue weighted by molar-refractivity contribution is 0.597. The molecule has 0 aliphatic carbocycles. The third-order valence-electron chi connectivity index (χ3n) is 1.71. The average molecular weight is 405 g/mol. The molecule has 0 aliphatic heterocycles. The molecule has 1 rings (SSSR count). The second-order valence-corrected chi connectivity index (χ2v) is 6.55. The number of alkyl halides is 1. The molecule has 0 aliphatic rings. The van der Waals surface area contributed by atoms with E-state index >= 15 is 0 Å². The Labute approximate surface area is 121 Å². The van der Waals surface area contributed by atoms with Crippen LogP contribution in [0, 0.1) is 0 Å². The van der Waals surface area contributed by atoms with E-state index in [9.17, 15) is 8.42 Å². The van der Waals surface area contributed by atoms with Gasteiger partial charge in [-0.1, -0.05) is 0 Å². The lowest BCUT2D eigenvalue weighted by Gasteiger charge is -2.06. The van der Waals surface area contributed by atoms with E-state index in [1.54, 1.807) is 0 Å². The molecule has 0 unspecified atom stereocenters. The number of halogens is 3. The fourth-order valence-corrected chi connectivity index (χ4v) is 3.28. The summed E-state index contributed by atoms with van der Waals surface area (Å²) in [6.07, 6.45) is 0. The summed E-state index contributed by atoms with van der Waals surface area (Å²) in [7, 11) is -3.76. The zero-order chi connectivity index (χ0) is 13.2. The first-order valence-electron chi connectivity index (χ1n) is 4.16. The molecule has 0 saturated carbocycles. The summed E-state index contributed by atoms with van der Waals surface area (Å²) < 4.78 is 23.3. The lowest BCUT2D eigenvalue weighted by Crippen LogP contribution is -2.13. The van der Waals surface area contributed by atoms with Crippen LogP contribution >= 0.6 is 43.5 Å². The first kappa shape index (κ1) is 14.9. The van der Waals surface area contributed by atoms with Gasteiger partial charge >= 0.3 is 0 Å². The molecule has 5 nitrogen and oxygen atoms in total. The second-order valence-electron chi connectivity index (χ2n) is 3.02. The maximum Gasteiger partial charge on any atom is 0.238 e. The summed E-state index contributed by atoms with van der Waals surface area (Å²) in [6, 6.07) is 2.70. The number of nitrogens with zero attached hydrogens (tertiary/aromatic N) is 1. The average Bonchev–Trinajstić information content (AvgIpc) is 2.21. The maximum atomic E-state index is 11.2. The Morgan fingerprint density at radius 2 is 1.82 bits per heavy atom. The van der Waals surface area contributed by atoms with Gasteiger partial charge in [-0.05, 0) is 44.0 Å². The molecule has 94 valence electrons. The van der Waals surface area contributed by atoms with E-state index in [-0.39, 0.29) is 16.6 Å². The smallest absolute Gasteiger partial charge is 0.238 e. The van der Waals surface area contributed by atoms with Crippen molar-refractivity contribution in [3.05, 3.63) is 21.1 Å². The lowest BCUT2D eigenvalue weighted by atomic mass is 10.3. The van der Waals surface area contributed by atoms with Crippen molar-refractivity contribution in [2.24, 2.45) is 15.9 Å². The fourth-order valence-electron chi connectivity index (χ4n) is 0.987. The minimum atomic E-state index is -3.76. The Hall–Kier alpha value is -0.150. The Morgan fingerprint density at radius 3 is 2.18 bits per heavy atom. The Balaban J connectivity index is 3.40. The first-order valence-corrected chi connectivity index (χ1v) is 7.83. The zero-order valence-corrected chi connectivity index (χ0v) is 13.1. The van der Waals surface area contributed by atoms with Crippen LogP contribution < -0.4 is 10.9 Å². The van der Waals surface area contributed by atoms with Crippen LogP contribution in [0.5, 0.6) is 0 Å². The number of primary sulfonamides is 1. The van der Waals surface area contributed by atoms with Crippen molar-refractivity contribution in [1.29, 1.82) is 0 Å². The number of sulfonamides is 1.